The Morgan fingerprint density at radius 2 is 1.93 bits per heavy atom. The molecule has 3 N–H and O–H groups in total. The summed E-state index contributed by atoms with van der Waals surface area (Å²) in [6, 6.07) is 15.7. The Labute approximate surface area is 176 Å². The van der Waals surface area contributed by atoms with E-state index in [0.29, 0.717) is 24.9 Å². The van der Waals surface area contributed by atoms with Crippen molar-refractivity contribution in [3.63, 3.8) is 0 Å². The van der Waals surface area contributed by atoms with E-state index in [4.69, 9.17) is 4.42 Å². The molecule has 0 aliphatic rings. The van der Waals surface area contributed by atoms with Gasteiger partial charge in [-0.25, -0.2) is 9.98 Å². The van der Waals surface area contributed by atoms with Gasteiger partial charge in [0.05, 0.1) is 18.8 Å². The summed E-state index contributed by atoms with van der Waals surface area (Å²) < 4.78 is 5.61. The highest BCUT2D eigenvalue weighted by atomic mass is 16.3. The van der Waals surface area contributed by atoms with E-state index in [-0.39, 0.29) is 5.91 Å². The van der Waals surface area contributed by atoms with Gasteiger partial charge in [-0.15, -0.1) is 0 Å². The predicted octanol–water partition coefficient (Wildman–Crippen LogP) is 3.86. The van der Waals surface area contributed by atoms with E-state index < -0.39 is 0 Å². The highest BCUT2D eigenvalue weighted by Crippen LogP contribution is 2.19. The highest BCUT2D eigenvalue weighted by Gasteiger charge is 2.07. The standard InChI is InChI=1S/C23H27N5O2/c1-4-24-23(25-13-18-6-5-7-20(12-18)27-17(3)29)26-14-21-15-30-22(28-21)19-10-8-16(2)9-11-19/h5-12,15H,4,13-14H2,1-3H3,(H,27,29)(H2,24,25,26). The maximum Gasteiger partial charge on any atom is 0.226 e. The van der Waals surface area contributed by atoms with Gasteiger partial charge in [-0.1, -0.05) is 29.8 Å². The van der Waals surface area contributed by atoms with Crippen LogP contribution in [0, 0.1) is 6.92 Å². The number of benzene rings is 2. The topological polar surface area (TPSA) is 91.5 Å². The third-order valence-electron chi connectivity index (χ3n) is 4.30. The smallest absolute Gasteiger partial charge is 0.226 e. The van der Waals surface area contributed by atoms with Crippen molar-refractivity contribution in [1.82, 2.24) is 15.6 Å². The molecule has 0 fully saturated rings. The van der Waals surface area contributed by atoms with Crippen LogP contribution in [-0.4, -0.2) is 23.4 Å². The molecule has 3 aromatic rings. The van der Waals surface area contributed by atoms with Crippen molar-refractivity contribution < 1.29 is 9.21 Å². The number of rotatable bonds is 7. The van der Waals surface area contributed by atoms with Crippen molar-refractivity contribution in [2.75, 3.05) is 11.9 Å². The monoisotopic (exact) mass is 405 g/mol. The molecule has 2 aromatic carbocycles. The summed E-state index contributed by atoms with van der Waals surface area (Å²) in [7, 11) is 0. The lowest BCUT2D eigenvalue weighted by molar-refractivity contribution is -0.114. The van der Waals surface area contributed by atoms with Crippen LogP contribution in [0.3, 0.4) is 0 Å². The number of carbonyl (C=O) groups is 1. The lowest BCUT2D eigenvalue weighted by atomic mass is 10.1. The van der Waals surface area contributed by atoms with Crippen molar-refractivity contribution in [2.24, 2.45) is 4.99 Å². The molecule has 1 amide bonds. The molecule has 1 heterocycles. The number of aliphatic imine (C=N–C) groups is 1. The van der Waals surface area contributed by atoms with Gasteiger partial charge in [0.15, 0.2) is 5.96 Å². The SMILES string of the molecule is CCNC(=NCc1cccc(NC(C)=O)c1)NCc1coc(-c2ccc(C)cc2)n1. The molecule has 0 saturated carbocycles. The molecule has 1 aromatic heterocycles. The minimum absolute atomic E-state index is 0.0942. The average Bonchev–Trinajstić information content (AvgIpc) is 3.19. The number of nitrogens with zero attached hydrogens (tertiary/aromatic N) is 2. The van der Waals surface area contributed by atoms with Gasteiger partial charge >= 0.3 is 0 Å². The van der Waals surface area contributed by atoms with Crippen LogP contribution in [0.2, 0.25) is 0 Å². The molecule has 0 spiro atoms. The number of amides is 1. The largest absolute Gasteiger partial charge is 0.444 e. The molecule has 0 unspecified atom stereocenters. The summed E-state index contributed by atoms with van der Waals surface area (Å²) in [6.45, 7) is 7.27. The van der Waals surface area contributed by atoms with Crippen LogP contribution in [0.4, 0.5) is 5.69 Å². The molecule has 156 valence electrons. The number of carbonyl (C=O) groups excluding carboxylic acids is 1. The van der Waals surface area contributed by atoms with Crippen LogP contribution in [0.5, 0.6) is 0 Å². The fraction of sp³-hybridized carbons (Fsp3) is 0.261. The van der Waals surface area contributed by atoms with Crippen LogP contribution >= 0.6 is 0 Å². The average molecular weight is 406 g/mol. The van der Waals surface area contributed by atoms with Crippen LogP contribution in [0.15, 0.2) is 64.2 Å². The Balaban J connectivity index is 1.62. The first-order valence-corrected chi connectivity index (χ1v) is 9.93. The van der Waals surface area contributed by atoms with Gasteiger partial charge in [-0.05, 0) is 43.7 Å². The normalized spacial score (nSPS) is 11.2. The van der Waals surface area contributed by atoms with Crippen molar-refractivity contribution in [3.05, 3.63) is 71.6 Å². The number of aromatic nitrogens is 1. The van der Waals surface area contributed by atoms with E-state index in [9.17, 15) is 4.79 Å². The summed E-state index contributed by atoms with van der Waals surface area (Å²) >= 11 is 0. The van der Waals surface area contributed by atoms with Gasteiger partial charge in [0.25, 0.3) is 0 Å². The fourth-order valence-electron chi connectivity index (χ4n) is 2.85. The minimum atomic E-state index is -0.0942. The summed E-state index contributed by atoms with van der Waals surface area (Å²) in [5.41, 5.74) is 4.71. The van der Waals surface area contributed by atoms with Crippen LogP contribution in [-0.2, 0) is 17.9 Å². The van der Waals surface area contributed by atoms with Crippen LogP contribution in [0.25, 0.3) is 11.5 Å². The second kappa shape index (κ2) is 10.2. The molecule has 0 saturated heterocycles. The molecular weight excluding hydrogens is 378 g/mol. The summed E-state index contributed by atoms with van der Waals surface area (Å²) in [4.78, 5) is 20.4. The molecule has 0 aliphatic carbocycles. The minimum Gasteiger partial charge on any atom is -0.444 e. The maximum absolute atomic E-state index is 11.2. The molecule has 0 bridgehead atoms. The quantitative estimate of drug-likeness (QED) is 0.410. The molecule has 0 atom stereocenters. The zero-order valence-corrected chi connectivity index (χ0v) is 17.5. The van der Waals surface area contributed by atoms with Crippen molar-refractivity contribution >= 4 is 17.6 Å². The third-order valence-corrected chi connectivity index (χ3v) is 4.30. The van der Waals surface area contributed by atoms with Gasteiger partial charge in [0, 0.05) is 24.7 Å². The van der Waals surface area contributed by atoms with Gasteiger partial charge in [-0.3, -0.25) is 4.79 Å². The molecule has 7 nitrogen and oxygen atoms in total. The first-order valence-electron chi connectivity index (χ1n) is 9.93. The number of nitrogens with one attached hydrogen (secondary N) is 3. The third kappa shape index (κ3) is 6.20. The van der Waals surface area contributed by atoms with Crippen molar-refractivity contribution in [3.8, 4) is 11.5 Å². The Morgan fingerprint density at radius 3 is 2.67 bits per heavy atom. The number of oxazole rings is 1. The summed E-state index contributed by atoms with van der Waals surface area (Å²) in [5.74, 6) is 1.19. The molecule has 7 heteroatoms. The highest BCUT2D eigenvalue weighted by molar-refractivity contribution is 5.88. The van der Waals surface area contributed by atoms with E-state index in [1.54, 1.807) is 6.26 Å². The van der Waals surface area contributed by atoms with Crippen LogP contribution in [0.1, 0.15) is 30.7 Å². The number of aryl methyl sites for hydroxylation is 1. The first kappa shape index (κ1) is 21.1. The van der Waals surface area contributed by atoms with E-state index in [1.165, 1.54) is 12.5 Å². The zero-order chi connectivity index (χ0) is 21.3. The van der Waals surface area contributed by atoms with Crippen molar-refractivity contribution in [1.29, 1.82) is 0 Å². The Bertz CT molecular complexity index is 1010. The maximum atomic E-state index is 11.2. The number of anilines is 1. The molecular formula is C23H27N5O2. The molecule has 0 aliphatic heterocycles. The molecule has 30 heavy (non-hydrogen) atoms. The van der Waals surface area contributed by atoms with E-state index in [0.717, 1.165) is 29.1 Å². The number of guanidine groups is 1. The van der Waals surface area contributed by atoms with Gasteiger partial charge in [0.2, 0.25) is 11.8 Å². The first-order chi connectivity index (χ1) is 14.5. The summed E-state index contributed by atoms with van der Waals surface area (Å²) in [5, 5.41) is 9.29. The van der Waals surface area contributed by atoms with Gasteiger partial charge in [0.1, 0.15) is 6.26 Å². The lowest BCUT2D eigenvalue weighted by Gasteiger charge is -2.10. The predicted molar refractivity (Wildman–Crippen MR) is 119 cm³/mol. The Kier molecular flexibility index (Phi) is 7.21. The second-order valence-corrected chi connectivity index (χ2v) is 6.94. The lowest BCUT2D eigenvalue weighted by Crippen LogP contribution is -2.36. The van der Waals surface area contributed by atoms with E-state index in [2.05, 4.69) is 25.9 Å². The fourth-order valence-corrected chi connectivity index (χ4v) is 2.85. The van der Waals surface area contributed by atoms with E-state index >= 15 is 0 Å². The molecule has 0 radical (unpaired) electrons. The number of hydrogen-bond acceptors (Lipinski definition) is 4. The van der Waals surface area contributed by atoms with Gasteiger partial charge in [-0.2, -0.15) is 0 Å². The zero-order valence-electron chi connectivity index (χ0n) is 17.5. The Hall–Kier alpha value is -3.61. The second-order valence-electron chi connectivity index (χ2n) is 6.94. The van der Waals surface area contributed by atoms with E-state index in [1.807, 2.05) is 62.4 Å². The summed E-state index contributed by atoms with van der Waals surface area (Å²) in [6.07, 6.45) is 1.66. The van der Waals surface area contributed by atoms with Crippen molar-refractivity contribution in [2.45, 2.75) is 33.9 Å². The Morgan fingerprint density at radius 1 is 1.13 bits per heavy atom. The number of hydrogen-bond donors (Lipinski definition) is 3. The van der Waals surface area contributed by atoms with Gasteiger partial charge < -0.3 is 20.4 Å². The van der Waals surface area contributed by atoms with Crippen LogP contribution < -0.4 is 16.0 Å². The molecule has 3 rings (SSSR count).